The minimum Gasteiger partial charge on any atom is -0.397 e. The summed E-state index contributed by atoms with van der Waals surface area (Å²) in [6, 6.07) is 10.2. The second-order valence-electron chi connectivity index (χ2n) is 14.7. The number of ether oxygens (including phenoxy) is 1. The highest BCUT2D eigenvalue weighted by Crippen LogP contribution is 2.39. The van der Waals surface area contributed by atoms with Crippen LogP contribution in [0.3, 0.4) is 0 Å². The average Bonchev–Trinajstić information content (AvgIpc) is 3.49. The molecular formula is C38H46ClF3N6O4. The average molecular weight is 743 g/mol. The number of aromatic amines is 1. The van der Waals surface area contributed by atoms with Crippen LogP contribution in [0.2, 0.25) is 5.02 Å². The standard InChI is InChI=1S/C38H46ClF3N6O4/c39-29-19-24(18-28(34(29)43)38(40,41)42)21-33(32(49)20-23-8-10-25(11-9-23)46-14-4-1-5-15-46)52-37(51)47-16-12-26(13-17-47)48-31-22-44-30-7-3-2-6-27(30)35(31)45-36(48)50/h2-3,6-7,18-19,22-23,25-26,33,37,51H,1,4-5,8-17,20-21,43H2,(H,45,50)/t23?,25?,33-,37+/m1/s1. The van der Waals surface area contributed by atoms with E-state index in [4.69, 9.17) is 22.1 Å². The summed E-state index contributed by atoms with van der Waals surface area (Å²) in [4.78, 5) is 38.9. The Morgan fingerprint density at radius 2 is 1.73 bits per heavy atom. The number of imidazole rings is 1. The number of para-hydroxylation sites is 1. The maximum absolute atomic E-state index is 13.9. The van der Waals surface area contributed by atoms with E-state index in [2.05, 4.69) is 14.9 Å². The normalized spacial score (nSPS) is 22.6. The molecule has 1 aliphatic carbocycles. The van der Waals surface area contributed by atoms with Crippen molar-refractivity contribution < 1.29 is 27.8 Å². The van der Waals surface area contributed by atoms with E-state index in [1.165, 1.54) is 25.3 Å². The predicted octanol–water partition coefficient (Wildman–Crippen LogP) is 6.68. The van der Waals surface area contributed by atoms with Gasteiger partial charge in [-0.1, -0.05) is 36.2 Å². The number of nitrogens with zero attached hydrogens (tertiary/aromatic N) is 4. The molecule has 2 aromatic heterocycles. The lowest BCUT2D eigenvalue weighted by Gasteiger charge is -2.39. The zero-order valence-corrected chi connectivity index (χ0v) is 29.8. The van der Waals surface area contributed by atoms with Crippen LogP contribution in [0.15, 0.2) is 47.4 Å². The minimum absolute atomic E-state index is 0.134. The van der Waals surface area contributed by atoms with E-state index < -0.39 is 29.9 Å². The molecule has 3 aliphatic rings. The van der Waals surface area contributed by atoms with E-state index >= 15 is 0 Å². The third-order valence-corrected chi connectivity index (χ3v) is 11.7. The summed E-state index contributed by atoms with van der Waals surface area (Å²) in [5.41, 5.74) is 6.14. The number of anilines is 1. The minimum atomic E-state index is -4.74. The number of hydrogen-bond acceptors (Lipinski definition) is 8. The number of rotatable bonds is 10. The van der Waals surface area contributed by atoms with Crippen molar-refractivity contribution in [3.8, 4) is 0 Å². The number of nitrogen functional groups attached to an aromatic ring is 1. The maximum Gasteiger partial charge on any atom is 0.418 e. The number of fused-ring (bicyclic) bond motifs is 3. The number of alkyl halides is 3. The summed E-state index contributed by atoms with van der Waals surface area (Å²) >= 11 is 6.14. The first-order valence-electron chi connectivity index (χ1n) is 18.4. The molecule has 2 saturated heterocycles. The summed E-state index contributed by atoms with van der Waals surface area (Å²) in [5.74, 6) is -0.128. The molecule has 0 bridgehead atoms. The van der Waals surface area contributed by atoms with E-state index in [9.17, 15) is 27.9 Å². The quantitative estimate of drug-likeness (QED) is 0.121. The molecule has 0 unspecified atom stereocenters. The van der Waals surface area contributed by atoms with Gasteiger partial charge in [-0.25, -0.2) is 4.79 Å². The molecule has 4 aromatic rings. The van der Waals surface area contributed by atoms with Crippen molar-refractivity contribution in [2.45, 2.75) is 101 Å². The summed E-state index contributed by atoms with van der Waals surface area (Å²) in [6.07, 6.45) is 2.82. The number of likely N-dealkylation sites (tertiary alicyclic amines) is 2. The van der Waals surface area contributed by atoms with Crippen LogP contribution in [0.1, 0.15) is 81.4 Å². The summed E-state index contributed by atoms with van der Waals surface area (Å²) < 4.78 is 49.3. The second kappa shape index (κ2) is 15.5. The maximum atomic E-state index is 13.9. The lowest BCUT2D eigenvalue weighted by atomic mass is 9.81. The summed E-state index contributed by atoms with van der Waals surface area (Å²) in [7, 11) is 0. The van der Waals surface area contributed by atoms with Crippen LogP contribution >= 0.6 is 11.6 Å². The fourth-order valence-corrected chi connectivity index (χ4v) is 8.82. The van der Waals surface area contributed by atoms with Gasteiger partial charge in [-0.15, -0.1) is 0 Å². The number of carbonyl (C=O) groups excluding carboxylic acids is 1. The van der Waals surface area contributed by atoms with Crippen LogP contribution in [-0.2, 0) is 22.1 Å². The van der Waals surface area contributed by atoms with Gasteiger partial charge in [0.05, 0.1) is 39.0 Å². The van der Waals surface area contributed by atoms with Crippen molar-refractivity contribution in [1.29, 1.82) is 0 Å². The van der Waals surface area contributed by atoms with Crippen LogP contribution in [0.4, 0.5) is 18.9 Å². The molecule has 2 aromatic carbocycles. The van der Waals surface area contributed by atoms with Gasteiger partial charge in [0.1, 0.15) is 6.10 Å². The molecule has 0 amide bonds. The zero-order valence-electron chi connectivity index (χ0n) is 29.1. The Balaban J connectivity index is 1.04. The van der Waals surface area contributed by atoms with Crippen molar-refractivity contribution >= 4 is 45.0 Å². The van der Waals surface area contributed by atoms with Crippen molar-refractivity contribution in [3.63, 3.8) is 0 Å². The number of hydrogen-bond donors (Lipinski definition) is 3. The lowest BCUT2D eigenvalue weighted by molar-refractivity contribution is -0.221. The van der Waals surface area contributed by atoms with Gasteiger partial charge in [0, 0.05) is 43.4 Å². The molecule has 0 spiro atoms. The van der Waals surface area contributed by atoms with Crippen LogP contribution < -0.4 is 11.4 Å². The molecule has 4 N–H and O–H groups in total. The number of aromatic nitrogens is 3. The molecule has 2 aliphatic heterocycles. The van der Waals surface area contributed by atoms with E-state index in [1.54, 1.807) is 15.7 Å². The Bertz CT molecular complexity index is 1940. The SMILES string of the molecule is Nc1c(Cl)cc(C[C@@H](O[C@H](O)N2CCC(n3c(=O)[nH]c4c5ccccc5ncc43)CC2)C(=O)CC2CCC(N3CCCCC3)CC2)cc1C(F)(F)F. The van der Waals surface area contributed by atoms with E-state index in [0.717, 1.165) is 61.3 Å². The van der Waals surface area contributed by atoms with Gasteiger partial charge in [-0.2, -0.15) is 13.2 Å². The number of H-pyrrole nitrogens is 1. The highest BCUT2D eigenvalue weighted by atomic mass is 35.5. The number of carbonyl (C=O) groups is 1. The largest absolute Gasteiger partial charge is 0.418 e. The molecular weight excluding hydrogens is 697 g/mol. The Kier molecular flexibility index (Phi) is 11.0. The van der Waals surface area contributed by atoms with Crippen LogP contribution in [0.25, 0.3) is 21.9 Å². The fourth-order valence-electron chi connectivity index (χ4n) is 8.57. The lowest BCUT2D eigenvalue weighted by Crippen LogP contribution is -2.47. The predicted molar refractivity (Wildman–Crippen MR) is 194 cm³/mol. The number of aliphatic hydroxyl groups is 1. The van der Waals surface area contributed by atoms with E-state index in [-0.39, 0.29) is 46.9 Å². The number of benzene rings is 2. The number of aliphatic hydroxyl groups excluding tert-OH is 1. The second-order valence-corrected chi connectivity index (χ2v) is 15.1. The molecule has 3 fully saturated rings. The van der Waals surface area contributed by atoms with Gasteiger partial charge in [-0.3, -0.25) is 19.2 Å². The van der Waals surface area contributed by atoms with Gasteiger partial charge in [0.2, 0.25) is 6.41 Å². The summed E-state index contributed by atoms with van der Waals surface area (Å²) in [6.45, 7) is 2.96. The highest BCUT2D eigenvalue weighted by Gasteiger charge is 2.37. The van der Waals surface area contributed by atoms with Crippen molar-refractivity contribution in [1.82, 2.24) is 24.3 Å². The number of piperidine rings is 2. The van der Waals surface area contributed by atoms with Crippen LogP contribution in [0, 0.1) is 5.92 Å². The van der Waals surface area contributed by atoms with Crippen LogP contribution in [0.5, 0.6) is 0 Å². The van der Waals surface area contributed by atoms with Crippen molar-refractivity contribution in [2.75, 3.05) is 31.9 Å². The molecule has 2 atom stereocenters. The van der Waals surface area contributed by atoms with Crippen molar-refractivity contribution in [3.05, 3.63) is 69.2 Å². The number of pyridine rings is 1. The number of halogens is 4. The molecule has 14 heteroatoms. The molecule has 1 saturated carbocycles. The fraction of sp³-hybridized carbons (Fsp3) is 0.553. The monoisotopic (exact) mass is 742 g/mol. The van der Waals surface area contributed by atoms with E-state index in [1.807, 2.05) is 24.3 Å². The molecule has 52 heavy (non-hydrogen) atoms. The highest BCUT2D eigenvalue weighted by molar-refractivity contribution is 6.33. The van der Waals surface area contributed by atoms with Gasteiger partial charge >= 0.3 is 11.9 Å². The van der Waals surface area contributed by atoms with Crippen LogP contribution in [-0.4, -0.2) is 80.0 Å². The van der Waals surface area contributed by atoms with Gasteiger partial charge < -0.3 is 25.5 Å². The van der Waals surface area contributed by atoms with Gasteiger partial charge in [0.15, 0.2) is 5.78 Å². The van der Waals surface area contributed by atoms with E-state index in [0.29, 0.717) is 37.5 Å². The topological polar surface area (TPSA) is 130 Å². The molecule has 4 heterocycles. The Hall–Kier alpha value is -3.49. The number of nitrogens with two attached hydrogens (primary N) is 1. The zero-order chi connectivity index (χ0) is 36.6. The number of Topliss-reactive ketones (excluding diaryl/α,β-unsaturated/α-hetero) is 1. The molecule has 10 nitrogen and oxygen atoms in total. The first kappa shape index (κ1) is 36.9. The number of ketones is 1. The molecule has 280 valence electrons. The Morgan fingerprint density at radius 1 is 1.02 bits per heavy atom. The first-order chi connectivity index (χ1) is 25.0. The molecule has 0 radical (unpaired) electrons. The van der Waals surface area contributed by atoms with Gasteiger partial charge in [0.25, 0.3) is 0 Å². The van der Waals surface area contributed by atoms with Gasteiger partial charge in [-0.05, 0) is 94.1 Å². The smallest absolute Gasteiger partial charge is 0.397 e. The third-order valence-electron chi connectivity index (χ3n) is 11.4. The molecule has 7 rings (SSSR count). The summed E-state index contributed by atoms with van der Waals surface area (Å²) in [5, 5.41) is 11.9. The number of nitrogens with one attached hydrogen (secondary N) is 1. The Labute approximate surface area is 305 Å². The Morgan fingerprint density at radius 3 is 2.44 bits per heavy atom. The first-order valence-corrected chi connectivity index (χ1v) is 18.8. The third kappa shape index (κ3) is 7.89. The van der Waals surface area contributed by atoms with Crippen molar-refractivity contribution in [2.24, 2.45) is 5.92 Å².